The second-order valence-corrected chi connectivity index (χ2v) is 22.0. The summed E-state index contributed by atoms with van der Waals surface area (Å²) >= 11 is 0. The third-order valence-corrected chi connectivity index (χ3v) is 14.3. The molecular weight excluding hydrogens is 973 g/mol. The highest BCUT2D eigenvalue weighted by Crippen LogP contribution is 2.17. The maximum Gasteiger partial charge on any atom is 0.306 e. The minimum Gasteiger partial charge on any atom is -0.462 e. The van der Waals surface area contributed by atoms with Gasteiger partial charge in [-0.15, -0.1) is 0 Å². The SMILES string of the molecule is CC/C=C\C/C=C\C/C=C\C/C=C\CCC(=O)OCC(COC(=O)CCCCCCCCCCCCCCCCCCCCCCCCC/C=C\CCCCCCCCCC)OC(=O)CC/C=C\C/C=C\C/C=C\C/C=C\CC. The third kappa shape index (κ3) is 64.8. The maximum atomic E-state index is 12.8. The Balaban J connectivity index is 4.11. The van der Waals surface area contributed by atoms with E-state index in [4.69, 9.17) is 14.2 Å². The molecule has 0 aliphatic carbocycles. The number of carbonyl (C=O) groups is 3. The highest BCUT2D eigenvalue weighted by molar-refractivity contribution is 5.71. The van der Waals surface area contributed by atoms with Crippen molar-refractivity contribution in [3.8, 4) is 0 Å². The van der Waals surface area contributed by atoms with Crippen molar-refractivity contribution in [1.29, 1.82) is 0 Å². The molecule has 0 spiro atoms. The van der Waals surface area contributed by atoms with Gasteiger partial charge in [0.25, 0.3) is 0 Å². The van der Waals surface area contributed by atoms with Crippen molar-refractivity contribution in [2.24, 2.45) is 0 Å². The molecule has 0 aromatic rings. The third-order valence-electron chi connectivity index (χ3n) is 14.3. The lowest BCUT2D eigenvalue weighted by atomic mass is 10.0. The van der Waals surface area contributed by atoms with Gasteiger partial charge < -0.3 is 14.2 Å². The van der Waals surface area contributed by atoms with Crippen molar-refractivity contribution in [3.05, 3.63) is 109 Å². The van der Waals surface area contributed by atoms with Crippen LogP contribution in [0.4, 0.5) is 0 Å². The summed E-state index contributed by atoms with van der Waals surface area (Å²) in [6, 6.07) is 0. The van der Waals surface area contributed by atoms with E-state index in [0.29, 0.717) is 19.3 Å². The minimum absolute atomic E-state index is 0.128. The molecule has 0 saturated heterocycles. The van der Waals surface area contributed by atoms with Crippen LogP contribution in [0, 0.1) is 0 Å². The Labute approximate surface area is 489 Å². The number of esters is 3. The zero-order chi connectivity index (χ0) is 57.1. The predicted octanol–water partition coefficient (Wildman–Crippen LogP) is 23.0. The molecule has 6 nitrogen and oxygen atoms in total. The quantitative estimate of drug-likeness (QED) is 0.0261. The molecule has 0 bridgehead atoms. The van der Waals surface area contributed by atoms with Crippen LogP contribution < -0.4 is 0 Å². The Morgan fingerprint density at radius 3 is 0.848 bits per heavy atom. The number of rotatable bonds is 60. The summed E-state index contributed by atoms with van der Waals surface area (Å²) in [5.74, 6) is -1.09. The van der Waals surface area contributed by atoms with Crippen LogP contribution in [0.15, 0.2) is 109 Å². The van der Waals surface area contributed by atoms with Crippen LogP contribution in [0.25, 0.3) is 0 Å². The van der Waals surface area contributed by atoms with Gasteiger partial charge in [0.15, 0.2) is 6.10 Å². The van der Waals surface area contributed by atoms with Crippen LogP contribution in [0.2, 0.25) is 0 Å². The van der Waals surface area contributed by atoms with Gasteiger partial charge in [-0.1, -0.05) is 310 Å². The number of unbranched alkanes of at least 4 members (excludes halogenated alkanes) is 31. The van der Waals surface area contributed by atoms with Gasteiger partial charge in [-0.2, -0.15) is 0 Å². The summed E-state index contributed by atoms with van der Waals surface area (Å²) in [7, 11) is 0. The van der Waals surface area contributed by atoms with Crippen molar-refractivity contribution >= 4 is 17.9 Å². The molecule has 1 atom stereocenters. The summed E-state index contributed by atoms with van der Waals surface area (Å²) < 4.78 is 16.7. The molecule has 1 unspecified atom stereocenters. The molecule has 452 valence electrons. The van der Waals surface area contributed by atoms with Crippen molar-refractivity contribution in [1.82, 2.24) is 0 Å². The molecule has 0 aromatic heterocycles. The minimum atomic E-state index is -0.845. The van der Waals surface area contributed by atoms with E-state index >= 15 is 0 Å². The van der Waals surface area contributed by atoms with E-state index in [2.05, 4.69) is 106 Å². The van der Waals surface area contributed by atoms with Gasteiger partial charge in [0.2, 0.25) is 0 Å². The first-order valence-electron chi connectivity index (χ1n) is 33.4. The van der Waals surface area contributed by atoms with Gasteiger partial charge in [0.05, 0.1) is 0 Å². The first-order valence-corrected chi connectivity index (χ1v) is 33.4. The Kier molecular flexibility index (Phi) is 63.3. The van der Waals surface area contributed by atoms with Gasteiger partial charge in [-0.3, -0.25) is 14.4 Å². The molecule has 0 rings (SSSR count). The van der Waals surface area contributed by atoms with E-state index in [1.165, 1.54) is 193 Å². The molecule has 0 aromatic carbocycles. The van der Waals surface area contributed by atoms with E-state index in [1.54, 1.807) is 0 Å². The molecule has 79 heavy (non-hydrogen) atoms. The number of hydrogen-bond acceptors (Lipinski definition) is 6. The summed E-state index contributed by atoms with van der Waals surface area (Å²) in [6.45, 7) is 6.30. The zero-order valence-electron chi connectivity index (χ0n) is 51.9. The first-order chi connectivity index (χ1) is 39.0. The van der Waals surface area contributed by atoms with Crippen LogP contribution >= 0.6 is 0 Å². The molecule has 0 saturated carbocycles. The average molecular weight is 1100 g/mol. The summed E-state index contributed by atoms with van der Waals surface area (Å²) in [5, 5.41) is 0. The summed E-state index contributed by atoms with van der Waals surface area (Å²) in [5.41, 5.74) is 0. The summed E-state index contributed by atoms with van der Waals surface area (Å²) in [6.07, 6.45) is 91.8. The maximum absolute atomic E-state index is 12.8. The molecule has 0 aliphatic heterocycles. The van der Waals surface area contributed by atoms with E-state index in [1.807, 2.05) is 24.3 Å². The van der Waals surface area contributed by atoms with Crippen molar-refractivity contribution in [2.45, 2.75) is 322 Å². The largest absolute Gasteiger partial charge is 0.462 e. The van der Waals surface area contributed by atoms with Gasteiger partial charge in [-0.25, -0.2) is 0 Å². The molecule has 6 heteroatoms. The van der Waals surface area contributed by atoms with Crippen molar-refractivity contribution in [2.75, 3.05) is 13.2 Å². The van der Waals surface area contributed by atoms with Crippen LogP contribution in [-0.2, 0) is 28.6 Å². The predicted molar refractivity (Wildman–Crippen MR) is 343 cm³/mol. The normalized spacial score (nSPS) is 12.8. The van der Waals surface area contributed by atoms with Crippen LogP contribution in [0.1, 0.15) is 316 Å². The molecule has 0 radical (unpaired) electrons. The fourth-order valence-electron chi connectivity index (χ4n) is 9.35. The van der Waals surface area contributed by atoms with Crippen molar-refractivity contribution < 1.29 is 28.6 Å². The Bertz CT molecular complexity index is 1590. The van der Waals surface area contributed by atoms with Crippen LogP contribution in [-0.4, -0.2) is 37.2 Å². The molecule has 0 aliphatic rings. The van der Waals surface area contributed by atoms with Crippen molar-refractivity contribution in [3.63, 3.8) is 0 Å². The number of ether oxygens (including phenoxy) is 3. The monoisotopic (exact) mass is 1100 g/mol. The zero-order valence-corrected chi connectivity index (χ0v) is 51.9. The molecule has 0 heterocycles. The average Bonchev–Trinajstić information content (AvgIpc) is 3.45. The topological polar surface area (TPSA) is 78.9 Å². The lowest BCUT2D eigenvalue weighted by Gasteiger charge is -2.18. The van der Waals surface area contributed by atoms with Crippen LogP contribution in [0.5, 0.6) is 0 Å². The number of carbonyl (C=O) groups excluding carboxylic acids is 3. The smallest absolute Gasteiger partial charge is 0.306 e. The number of hydrogen-bond donors (Lipinski definition) is 0. The Morgan fingerprint density at radius 1 is 0.266 bits per heavy atom. The second-order valence-electron chi connectivity index (χ2n) is 22.0. The lowest BCUT2D eigenvalue weighted by molar-refractivity contribution is -0.166. The van der Waals surface area contributed by atoms with E-state index in [0.717, 1.165) is 70.6 Å². The molecular formula is C73H124O6. The van der Waals surface area contributed by atoms with E-state index < -0.39 is 12.1 Å². The molecule has 0 N–H and O–H groups in total. The fourth-order valence-corrected chi connectivity index (χ4v) is 9.35. The second kappa shape index (κ2) is 66.6. The van der Waals surface area contributed by atoms with Gasteiger partial charge in [-0.05, 0) is 96.3 Å². The van der Waals surface area contributed by atoms with Gasteiger partial charge in [0.1, 0.15) is 13.2 Å². The van der Waals surface area contributed by atoms with Gasteiger partial charge >= 0.3 is 17.9 Å². The number of allylic oxidation sites excluding steroid dienone is 18. The molecule has 0 amide bonds. The molecule has 0 fully saturated rings. The summed E-state index contributed by atoms with van der Waals surface area (Å²) in [4.78, 5) is 38.1. The van der Waals surface area contributed by atoms with E-state index in [9.17, 15) is 14.4 Å². The first kappa shape index (κ1) is 75.1. The van der Waals surface area contributed by atoms with Gasteiger partial charge in [0, 0.05) is 19.3 Å². The Hall–Kier alpha value is -3.93. The lowest BCUT2D eigenvalue weighted by Crippen LogP contribution is -2.30. The Morgan fingerprint density at radius 2 is 0.519 bits per heavy atom. The fraction of sp³-hybridized carbons (Fsp3) is 0.712. The highest BCUT2D eigenvalue weighted by Gasteiger charge is 2.19. The van der Waals surface area contributed by atoms with Crippen LogP contribution in [0.3, 0.4) is 0 Å². The highest BCUT2D eigenvalue weighted by atomic mass is 16.6. The van der Waals surface area contributed by atoms with E-state index in [-0.39, 0.29) is 38.0 Å². The standard InChI is InChI=1S/C73H124O6/c1-4-7-10-13-16-19-22-25-26-27-28-29-30-31-32-33-34-35-36-37-38-39-40-41-42-43-44-45-46-49-51-54-57-60-63-66-72(75)78-69-70(79-73(76)67-64-61-58-55-52-48-24-21-18-15-12-9-6-3)68-77-71(74)65-62-59-56-53-50-47-23-20-17-14-11-8-5-2/h8-9,11-12,17-18,20-21,27-28,47-48,50,52,56,58-59,61,70H,4-7,10,13-16,19,22-26,29-46,49,51,53-55,57,60,62-69H2,1-3H3/b11-8-,12-9-,20-17-,21-18-,28-27-,50-47-,52-48-,59-56-,61-58-.